The largest absolute Gasteiger partial charge is 0.416 e. The van der Waals surface area contributed by atoms with E-state index >= 15 is 0 Å². The fourth-order valence-electron chi connectivity index (χ4n) is 2.74. The Morgan fingerprint density at radius 3 is 2.30 bits per heavy atom. The molecule has 2 atom stereocenters. The fraction of sp³-hybridized carbons (Fsp3) is 0.263. The lowest BCUT2D eigenvalue weighted by Crippen LogP contribution is -2.13. The van der Waals surface area contributed by atoms with E-state index in [2.05, 4.69) is 10.3 Å². The number of halogens is 3. The third-order valence-corrected chi connectivity index (χ3v) is 4.23. The van der Waals surface area contributed by atoms with Gasteiger partial charge in [-0.2, -0.15) is 13.2 Å². The van der Waals surface area contributed by atoms with Gasteiger partial charge in [0.1, 0.15) is 0 Å². The minimum absolute atomic E-state index is 0.0823. The monoisotopic (exact) mass is 376 g/mol. The van der Waals surface area contributed by atoms with Crippen molar-refractivity contribution in [2.75, 3.05) is 0 Å². The Kier molecular flexibility index (Phi) is 5.57. The number of aliphatic hydroxyl groups is 1. The number of aromatic nitrogens is 3. The smallest absolute Gasteiger partial charge is 0.386 e. The maximum atomic E-state index is 12.6. The molecule has 3 rings (SSSR count). The van der Waals surface area contributed by atoms with E-state index in [0.717, 1.165) is 17.7 Å². The first-order chi connectivity index (χ1) is 12.8. The van der Waals surface area contributed by atoms with Crippen LogP contribution in [0.4, 0.5) is 13.2 Å². The van der Waals surface area contributed by atoms with Gasteiger partial charge in [-0.05, 0) is 23.3 Å². The Bertz CT molecular complexity index is 863. The Morgan fingerprint density at radius 1 is 1.00 bits per heavy atom. The maximum Gasteiger partial charge on any atom is 0.416 e. The highest BCUT2D eigenvalue weighted by Gasteiger charge is 2.30. The predicted molar refractivity (Wildman–Crippen MR) is 93.5 cm³/mol. The molecule has 27 heavy (non-hydrogen) atoms. The molecular formula is C19H19F3N4O. The number of alkyl halides is 3. The topological polar surface area (TPSA) is 77.0 Å². The van der Waals surface area contributed by atoms with Gasteiger partial charge in [0.2, 0.25) is 0 Å². The van der Waals surface area contributed by atoms with Gasteiger partial charge in [0.05, 0.1) is 23.9 Å². The number of rotatable bonds is 6. The number of aliphatic hydroxyl groups excluding tert-OH is 1. The van der Waals surface area contributed by atoms with Crippen LogP contribution in [0, 0.1) is 0 Å². The average Bonchev–Trinajstić information content (AvgIpc) is 3.08. The Morgan fingerprint density at radius 2 is 1.67 bits per heavy atom. The van der Waals surface area contributed by atoms with E-state index in [9.17, 15) is 18.3 Å². The molecule has 1 unspecified atom stereocenters. The molecule has 3 N–H and O–H groups in total. The van der Waals surface area contributed by atoms with Crippen molar-refractivity contribution in [3.8, 4) is 0 Å². The van der Waals surface area contributed by atoms with E-state index in [4.69, 9.17) is 5.73 Å². The molecule has 0 amide bonds. The number of benzene rings is 2. The number of nitrogens with zero attached hydrogens (tertiary/aromatic N) is 3. The third kappa shape index (κ3) is 4.93. The normalized spacial score (nSPS) is 14.1. The van der Waals surface area contributed by atoms with Crippen molar-refractivity contribution in [2.24, 2.45) is 5.73 Å². The lowest BCUT2D eigenvalue weighted by molar-refractivity contribution is -0.137. The number of hydrogen-bond acceptors (Lipinski definition) is 4. The van der Waals surface area contributed by atoms with Crippen LogP contribution in [0.1, 0.15) is 34.5 Å². The van der Waals surface area contributed by atoms with Crippen LogP contribution in [0.5, 0.6) is 0 Å². The third-order valence-electron chi connectivity index (χ3n) is 4.23. The molecule has 142 valence electrons. The predicted octanol–water partition coefficient (Wildman–Crippen LogP) is 3.27. The van der Waals surface area contributed by atoms with Gasteiger partial charge >= 0.3 is 6.18 Å². The van der Waals surface area contributed by atoms with Crippen molar-refractivity contribution < 1.29 is 18.3 Å². The molecule has 0 fully saturated rings. The van der Waals surface area contributed by atoms with Crippen LogP contribution in [0.25, 0.3) is 0 Å². The highest BCUT2D eigenvalue weighted by atomic mass is 19.4. The molecule has 0 saturated heterocycles. The van der Waals surface area contributed by atoms with E-state index in [1.54, 1.807) is 6.20 Å². The molecule has 5 nitrogen and oxygen atoms in total. The van der Waals surface area contributed by atoms with E-state index in [0.29, 0.717) is 17.7 Å². The van der Waals surface area contributed by atoms with Crippen molar-refractivity contribution in [2.45, 2.75) is 31.3 Å². The first-order valence-corrected chi connectivity index (χ1v) is 8.37. The van der Waals surface area contributed by atoms with Gasteiger partial charge in [0.25, 0.3) is 0 Å². The van der Waals surface area contributed by atoms with Crippen molar-refractivity contribution in [1.82, 2.24) is 15.0 Å². The van der Waals surface area contributed by atoms with Crippen molar-refractivity contribution in [3.63, 3.8) is 0 Å². The summed E-state index contributed by atoms with van der Waals surface area (Å²) >= 11 is 0. The molecule has 0 aliphatic heterocycles. The summed E-state index contributed by atoms with van der Waals surface area (Å²) in [5.74, 6) is 0. The van der Waals surface area contributed by atoms with Gasteiger partial charge in [-0.15, -0.1) is 5.10 Å². The second-order valence-electron chi connectivity index (χ2n) is 6.29. The summed E-state index contributed by atoms with van der Waals surface area (Å²) in [4.78, 5) is 0. The van der Waals surface area contributed by atoms with Crippen molar-refractivity contribution in [1.29, 1.82) is 0 Å². The van der Waals surface area contributed by atoms with Crippen molar-refractivity contribution >= 4 is 0 Å². The number of hydrogen-bond donors (Lipinski definition) is 2. The summed E-state index contributed by atoms with van der Waals surface area (Å²) in [6.45, 7) is 0.0823. The Balaban J connectivity index is 1.61. The zero-order chi connectivity index (χ0) is 19.4. The van der Waals surface area contributed by atoms with Crippen LogP contribution in [0.3, 0.4) is 0 Å². The van der Waals surface area contributed by atoms with Gasteiger partial charge in [0.15, 0.2) is 0 Å². The van der Waals surface area contributed by atoms with E-state index in [-0.39, 0.29) is 12.6 Å². The molecule has 1 heterocycles. The van der Waals surface area contributed by atoms with Crippen LogP contribution in [0.2, 0.25) is 0 Å². The lowest BCUT2D eigenvalue weighted by atomic mass is 10.0. The summed E-state index contributed by atoms with van der Waals surface area (Å²) in [6.07, 6.45) is -3.23. The molecule has 0 spiro atoms. The quantitative estimate of drug-likeness (QED) is 0.692. The molecule has 3 aromatic rings. The summed E-state index contributed by atoms with van der Waals surface area (Å²) in [5, 5.41) is 18.2. The van der Waals surface area contributed by atoms with Gasteiger partial charge < -0.3 is 10.8 Å². The minimum atomic E-state index is -4.40. The minimum Gasteiger partial charge on any atom is -0.386 e. The summed E-state index contributed by atoms with van der Waals surface area (Å²) in [5.41, 5.74) is 7.44. The average molecular weight is 376 g/mol. The molecular weight excluding hydrogens is 357 g/mol. The van der Waals surface area contributed by atoms with Crippen molar-refractivity contribution in [3.05, 3.63) is 83.2 Å². The molecule has 0 aliphatic rings. The zero-order valence-electron chi connectivity index (χ0n) is 14.3. The molecule has 0 bridgehead atoms. The first-order valence-electron chi connectivity index (χ1n) is 8.37. The molecule has 1 aromatic heterocycles. The zero-order valence-corrected chi connectivity index (χ0v) is 14.3. The van der Waals surface area contributed by atoms with Crippen LogP contribution in [0.15, 0.2) is 60.8 Å². The first kappa shape index (κ1) is 19.1. The maximum absolute atomic E-state index is 12.6. The molecule has 2 aromatic carbocycles. The SMILES string of the molecule is NC(Cc1cn(C[C@@H](O)c2ccc(C(F)(F)F)cc2)nn1)c1ccccc1. The van der Waals surface area contributed by atoms with Crippen LogP contribution < -0.4 is 5.73 Å². The highest BCUT2D eigenvalue weighted by Crippen LogP contribution is 2.30. The van der Waals surface area contributed by atoms with Gasteiger partial charge in [-0.1, -0.05) is 47.7 Å². The molecule has 0 saturated carbocycles. The van der Waals surface area contributed by atoms with E-state index < -0.39 is 17.8 Å². The molecule has 0 aliphatic carbocycles. The Labute approximate surface area is 154 Å². The standard InChI is InChI=1S/C19H19F3N4O/c20-19(21,22)15-8-6-14(7-9-15)18(27)12-26-11-16(24-25-26)10-17(23)13-4-2-1-3-5-13/h1-9,11,17-18,27H,10,12,23H2/t17?,18-/m1/s1. The second-order valence-corrected chi connectivity index (χ2v) is 6.29. The van der Waals surface area contributed by atoms with Crippen LogP contribution in [-0.4, -0.2) is 20.1 Å². The van der Waals surface area contributed by atoms with Gasteiger partial charge in [-0.3, -0.25) is 0 Å². The van der Waals surface area contributed by atoms with Gasteiger partial charge in [-0.25, -0.2) is 4.68 Å². The van der Waals surface area contributed by atoms with Crippen LogP contribution >= 0.6 is 0 Å². The highest BCUT2D eigenvalue weighted by molar-refractivity contribution is 5.26. The Hall–Kier alpha value is -2.71. The second kappa shape index (κ2) is 7.89. The fourth-order valence-corrected chi connectivity index (χ4v) is 2.74. The molecule has 8 heteroatoms. The lowest BCUT2D eigenvalue weighted by Gasteiger charge is -2.12. The van der Waals surface area contributed by atoms with Gasteiger partial charge in [0, 0.05) is 18.7 Å². The van der Waals surface area contributed by atoms with Crippen LogP contribution in [-0.2, 0) is 19.1 Å². The summed E-state index contributed by atoms with van der Waals surface area (Å²) < 4.78 is 39.3. The van der Waals surface area contributed by atoms with E-state index in [1.807, 2.05) is 30.3 Å². The number of nitrogens with two attached hydrogens (primary N) is 1. The van der Waals surface area contributed by atoms with E-state index in [1.165, 1.54) is 16.8 Å². The summed E-state index contributed by atoms with van der Waals surface area (Å²) in [7, 11) is 0. The summed E-state index contributed by atoms with van der Waals surface area (Å²) in [6, 6.07) is 13.8. The molecule has 0 radical (unpaired) electrons.